The molecule has 0 heterocycles. The molecule has 0 saturated heterocycles. The second-order valence-corrected chi connectivity index (χ2v) is 4.90. The number of nitrogens with two attached hydrogens (primary N) is 1. The van der Waals surface area contributed by atoms with E-state index in [-0.39, 0.29) is 17.5 Å². The molecule has 0 fully saturated rings. The average Bonchev–Trinajstić information content (AvgIpc) is 2.25. The van der Waals surface area contributed by atoms with Crippen molar-refractivity contribution in [1.29, 1.82) is 0 Å². The highest BCUT2D eigenvalue weighted by Crippen LogP contribution is 2.22. The van der Waals surface area contributed by atoms with Crippen LogP contribution in [0.25, 0.3) is 0 Å². The maximum atomic E-state index is 10.6. The summed E-state index contributed by atoms with van der Waals surface area (Å²) in [6.07, 6.45) is 1.16. The minimum absolute atomic E-state index is 0.0611. The lowest BCUT2D eigenvalue weighted by molar-refractivity contribution is -0.383. The molecule has 0 aliphatic carbocycles. The number of nitrogen functional groups attached to an aromatic ring is 1. The summed E-state index contributed by atoms with van der Waals surface area (Å²) in [4.78, 5) is 10.1. The summed E-state index contributed by atoms with van der Waals surface area (Å²) < 4.78 is 5.67. The molecule has 5 nitrogen and oxygen atoms in total. The van der Waals surface area contributed by atoms with Crippen LogP contribution in [0.1, 0.15) is 32.8 Å². The third-order valence-corrected chi connectivity index (χ3v) is 2.63. The summed E-state index contributed by atoms with van der Waals surface area (Å²) >= 11 is 0. The normalized spacial score (nSPS) is 12.7. The Balaban J connectivity index is 2.58. The number of nitro benzene ring substituents is 1. The molecule has 0 aliphatic rings. The van der Waals surface area contributed by atoms with E-state index >= 15 is 0 Å². The van der Waals surface area contributed by atoms with Crippen LogP contribution in [0.15, 0.2) is 18.2 Å². The zero-order valence-electron chi connectivity index (χ0n) is 11.1. The van der Waals surface area contributed by atoms with Gasteiger partial charge in [0.2, 0.25) is 0 Å². The zero-order chi connectivity index (χ0) is 13.7. The van der Waals surface area contributed by atoms with E-state index in [1.54, 1.807) is 12.1 Å². The van der Waals surface area contributed by atoms with Crippen molar-refractivity contribution in [3.8, 4) is 0 Å². The quantitative estimate of drug-likeness (QED) is 0.479. The molecule has 1 aromatic carbocycles. The minimum Gasteiger partial charge on any atom is -0.393 e. The average molecular weight is 252 g/mol. The van der Waals surface area contributed by atoms with Crippen molar-refractivity contribution in [3.63, 3.8) is 0 Å². The number of hydrogen-bond donors (Lipinski definition) is 1. The van der Waals surface area contributed by atoms with Crippen LogP contribution in [0.5, 0.6) is 0 Å². The smallest absolute Gasteiger partial charge is 0.292 e. The summed E-state index contributed by atoms with van der Waals surface area (Å²) in [5.74, 6) is 0.585. The van der Waals surface area contributed by atoms with Crippen molar-refractivity contribution in [2.45, 2.75) is 39.9 Å². The van der Waals surface area contributed by atoms with E-state index in [2.05, 4.69) is 13.8 Å². The maximum Gasteiger partial charge on any atom is 0.292 e. The Morgan fingerprint density at radius 3 is 2.56 bits per heavy atom. The highest BCUT2D eigenvalue weighted by molar-refractivity contribution is 5.59. The Bertz CT molecular complexity index is 419. The number of nitrogens with zero attached hydrogens (tertiary/aromatic N) is 1. The Hall–Kier alpha value is -1.62. The molecule has 0 spiro atoms. The van der Waals surface area contributed by atoms with E-state index in [0.29, 0.717) is 12.5 Å². The van der Waals surface area contributed by atoms with Crippen LogP contribution < -0.4 is 5.73 Å². The van der Waals surface area contributed by atoms with Crippen molar-refractivity contribution in [3.05, 3.63) is 33.9 Å². The molecule has 1 unspecified atom stereocenters. The van der Waals surface area contributed by atoms with Gasteiger partial charge < -0.3 is 10.5 Å². The Morgan fingerprint density at radius 2 is 2.06 bits per heavy atom. The molecule has 0 radical (unpaired) electrons. The van der Waals surface area contributed by atoms with E-state index in [1.165, 1.54) is 6.07 Å². The molecule has 5 heteroatoms. The van der Waals surface area contributed by atoms with Gasteiger partial charge in [0.15, 0.2) is 0 Å². The first kappa shape index (κ1) is 14.4. The number of benzene rings is 1. The molecule has 18 heavy (non-hydrogen) atoms. The molecular weight excluding hydrogens is 232 g/mol. The number of hydrogen-bond acceptors (Lipinski definition) is 4. The first-order valence-corrected chi connectivity index (χ1v) is 6.04. The van der Waals surface area contributed by atoms with Gasteiger partial charge >= 0.3 is 0 Å². The Morgan fingerprint density at radius 1 is 1.39 bits per heavy atom. The summed E-state index contributed by atoms with van der Waals surface area (Å²) in [5, 5.41) is 10.6. The minimum atomic E-state index is -0.485. The first-order chi connectivity index (χ1) is 8.40. The summed E-state index contributed by atoms with van der Waals surface area (Å²) in [6, 6.07) is 4.69. The predicted molar refractivity (Wildman–Crippen MR) is 71.2 cm³/mol. The van der Waals surface area contributed by atoms with Crippen molar-refractivity contribution in [2.75, 3.05) is 5.73 Å². The van der Waals surface area contributed by atoms with Crippen LogP contribution in [-0.2, 0) is 11.3 Å². The van der Waals surface area contributed by atoms with Crippen molar-refractivity contribution in [1.82, 2.24) is 0 Å². The van der Waals surface area contributed by atoms with Gasteiger partial charge in [-0.3, -0.25) is 10.1 Å². The molecule has 2 N–H and O–H groups in total. The van der Waals surface area contributed by atoms with Gasteiger partial charge in [-0.2, -0.15) is 0 Å². The number of rotatable bonds is 6. The van der Waals surface area contributed by atoms with Gasteiger partial charge in [0.05, 0.1) is 17.6 Å². The highest BCUT2D eigenvalue weighted by Gasteiger charge is 2.12. The third-order valence-electron chi connectivity index (χ3n) is 2.63. The van der Waals surface area contributed by atoms with Gasteiger partial charge in [0.25, 0.3) is 5.69 Å². The van der Waals surface area contributed by atoms with Crippen molar-refractivity contribution in [2.24, 2.45) is 5.92 Å². The summed E-state index contributed by atoms with van der Waals surface area (Å²) in [5.41, 5.74) is 6.58. The molecule has 1 atom stereocenters. The molecule has 0 saturated carbocycles. The lowest BCUT2D eigenvalue weighted by Gasteiger charge is -2.15. The molecule has 0 bridgehead atoms. The molecular formula is C13H20N2O3. The topological polar surface area (TPSA) is 78.4 Å². The van der Waals surface area contributed by atoms with Gasteiger partial charge in [-0.15, -0.1) is 0 Å². The van der Waals surface area contributed by atoms with Crippen LogP contribution in [0, 0.1) is 16.0 Å². The second kappa shape index (κ2) is 6.35. The lowest BCUT2D eigenvalue weighted by Crippen LogP contribution is -2.11. The van der Waals surface area contributed by atoms with E-state index in [0.717, 1.165) is 12.0 Å². The van der Waals surface area contributed by atoms with E-state index in [1.807, 2.05) is 6.92 Å². The summed E-state index contributed by atoms with van der Waals surface area (Å²) in [7, 11) is 0. The fraction of sp³-hybridized carbons (Fsp3) is 0.538. The second-order valence-electron chi connectivity index (χ2n) is 4.90. The first-order valence-electron chi connectivity index (χ1n) is 6.04. The van der Waals surface area contributed by atoms with Crippen molar-refractivity contribution < 1.29 is 9.66 Å². The predicted octanol–water partition coefficient (Wildman–Crippen LogP) is 3.13. The Kier molecular flexibility index (Phi) is 5.09. The molecule has 1 aromatic rings. The zero-order valence-corrected chi connectivity index (χ0v) is 11.1. The number of ether oxygens (including phenoxy) is 1. The Labute approximate surface area is 107 Å². The molecule has 0 aromatic heterocycles. The monoisotopic (exact) mass is 252 g/mol. The SMILES string of the molecule is CC(C)CC(C)OCc1ccc([N+](=O)[O-])c(N)c1. The van der Waals surface area contributed by atoms with Crippen LogP contribution in [0.3, 0.4) is 0 Å². The van der Waals surface area contributed by atoms with Crippen LogP contribution in [0.2, 0.25) is 0 Å². The highest BCUT2D eigenvalue weighted by atomic mass is 16.6. The van der Waals surface area contributed by atoms with Gasteiger partial charge in [0.1, 0.15) is 5.69 Å². The summed E-state index contributed by atoms with van der Waals surface area (Å²) in [6.45, 7) is 6.73. The van der Waals surface area contributed by atoms with Gasteiger partial charge in [-0.05, 0) is 37.0 Å². The van der Waals surface area contributed by atoms with Crippen LogP contribution in [0.4, 0.5) is 11.4 Å². The van der Waals surface area contributed by atoms with Crippen LogP contribution >= 0.6 is 0 Å². The molecule has 100 valence electrons. The fourth-order valence-corrected chi connectivity index (χ4v) is 1.83. The number of anilines is 1. The number of nitro groups is 1. The fourth-order valence-electron chi connectivity index (χ4n) is 1.83. The van der Waals surface area contributed by atoms with E-state index in [9.17, 15) is 10.1 Å². The van der Waals surface area contributed by atoms with Crippen LogP contribution in [-0.4, -0.2) is 11.0 Å². The lowest BCUT2D eigenvalue weighted by atomic mass is 10.1. The van der Waals surface area contributed by atoms with Gasteiger partial charge in [-0.25, -0.2) is 0 Å². The van der Waals surface area contributed by atoms with Crippen molar-refractivity contribution >= 4 is 11.4 Å². The molecule has 0 aliphatic heterocycles. The molecule has 0 amide bonds. The van der Waals surface area contributed by atoms with Gasteiger partial charge in [0, 0.05) is 6.07 Å². The van der Waals surface area contributed by atoms with E-state index in [4.69, 9.17) is 10.5 Å². The van der Waals surface area contributed by atoms with Gasteiger partial charge in [-0.1, -0.05) is 13.8 Å². The maximum absolute atomic E-state index is 10.6. The largest absolute Gasteiger partial charge is 0.393 e. The third kappa shape index (κ3) is 4.33. The molecule has 1 rings (SSSR count). The van der Waals surface area contributed by atoms with E-state index < -0.39 is 4.92 Å². The standard InChI is InChI=1S/C13H20N2O3/c1-9(2)6-10(3)18-8-11-4-5-13(15(16)17)12(14)7-11/h4-5,7,9-10H,6,8,14H2,1-3H3.